The number of ether oxygens (including phenoxy) is 1. The van der Waals surface area contributed by atoms with Gasteiger partial charge in [-0.15, -0.1) is 0 Å². The fourth-order valence-corrected chi connectivity index (χ4v) is 2.02. The number of halogens is 2. The predicted molar refractivity (Wildman–Crippen MR) is 71.8 cm³/mol. The number of hydrogen-bond acceptors (Lipinski definition) is 2. The number of rotatable bonds is 4. The first-order valence-electron chi connectivity index (χ1n) is 5.46. The number of carbonyl (C=O) groups is 1. The van der Waals surface area contributed by atoms with Crippen molar-refractivity contribution in [2.45, 2.75) is 6.61 Å². The first-order valence-corrected chi connectivity index (χ1v) is 6.25. The quantitative estimate of drug-likeness (QED) is 0.928. The van der Waals surface area contributed by atoms with Crippen molar-refractivity contribution in [1.29, 1.82) is 0 Å². The van der Waals surface area contributed by atoms with Crippen molar-refractivity contribution in [3.05, 3.63) is 63.9 Å². The van der Waals surface area contributed by atoms with E-state index in [9.17, 15) is 9.18 Å². The van der Waals surface area contributed by atoms with Crippen LogP contribution in [0.1, 0.15) is 15.9 Å². The van der Waals surface area contributed by atoms with Gasteiger partial charge in [-0.3, -0.25) is 0 Å². The van der Waals surface area contributed by atoms with E-state index in [1.807, 2.05) is 0 Å². The van der Waals surface area contributed by atoms with Gasteiger partial charge in [-0.2, -0.15) is 0 Å². The van der Waals surface area contributed by atoms with Gasteiger partial charge in [-0.05, 0) is 24.3 Å². The average molecular weight is 325 g/mol. The molecule has 0 aromatic heterocycles. The summed E-state index contributed by atoms with van der Waals surface area (Å²) in [5, 5.41) is 8.93. The van der Waals surface area contributed by atoms with Crippen LogP contribution in [0.2, 0.25) is 0 Å². The zero-order valence-corrected chi connectivity index (χ0v) is 11.4. The monoisotopic (exact) mass is 324 g/mol. The smallest absolute Gasteiger partial charge is 0.335 e. The van der Waals surface area contributed by atoms with Crippen molar-refractivity contribution in [1.82, 2.24) is 0 Å². The number of benzene rings is 2. The van der Waals surface area contributed by atoms with Gasteiger partial charge in [0.2, 0.25) is 0 Å². The molecule has 0 amide bonds. The summed E-state index contributed by atoms with van der Waals surface area (Å²) in [5.74, 6) is -1.02. The third-order valence-corrected chi connectivity index (χ3v) is 2.93. The second-order valence-electron chi connectivity index (χ2n) is 3.86. The first kappa shape index (κ1) is 13.5. The van der Waals surface area contributed by atoms with Gasteiger partial charge in [0.1, 0.15) is 18.2 Å². The number of carboxylic acids is 1. The maximum atomic E-state index is 13.4. The molecule has 98 valence electrons. The molecule has 2 aromatic carbocycles. The molecule has 0 radical (unpaired) electrons. The van der Waals surface area contributed by atoms with E-state index in [1.165, 1.54) is 18.2 Å². The number of hydrogen-bond donors (Lipinski definition) is 1. The van der Waals surface area contributed by atoms with Crippen LogP contribution >= 0.6 is 15.9 Å². The van der Waals surface area contributed by atoms with Crippen LogP contribution in [0.3, 0.4) is 0 Å². The van der Waals surface area contributed by atoms with Crippen LogP contribution < -0.4 is 4.74 Å². The minimum atomic E-state index is -1.04. The summed E-state index contributed by atoms with van der Waals surface area (Å²) in [4.78, 5) is 10.9. The molecule has 3 nitrogen and oxygen atoms in total. The van der Waals surface area contributed by atoms with Crippen molar-refractivity contribution in [2.24, 2.45) is 0 Å². The van der Waals surface area contributed by atoms with Crippen LogP contribution in [-0.4, -0.2) is 11.1 Å². The van der Waals surface area contributed by atoms with E-state index in [4.69, 9.17) is 9.84 Å². The van der Waals surface area contributed by atoms with Crippen LogP contribution in [0.4, 0.5) is 4.39 Å². The Morgan fingerprint density at radius 1 is 1.26 bits per heavy atom. The second-order valence-corrected chi connectivity index (χ2v) is 4.78. The zero-order valence-electron chi connectivity index (χ0n) is 9.77. The molecule has 2 aromatic rings. The summed E-state index contributed by atoms with van der Waals surface area (Å²) in [5.41, 5.74) is 0.525. The Labute approximate surface area is 117 Å². The van der Waals surface area contributed by atoms with Gasteiger partial charge in [-0.1, -0.05) is 34.1 Å². The molecule has 0 saturated heterocycles. The summed E-state index contributed by atoms with van der Waals surface area (Å²) in [7, 11) is 0. The molecule has 0 aliphatic heterocycles. The minimum absolute atomic E-state index is 0.0438. The predicted octanol–water partition coefficient (Wildman–Crippen LogP) is 3.87. The Morgan fingerprint density at radius 3 is 2.68 bits per heavy atom. The summed E-state index contributed by atoms with van der Waals surface area (Å²) in [6.45, 7) is 0.0438. The van der Waals surface area contributed by atoms with E-state index in [0.717, 1.165) is 0 Å². The van der Waals surface area contributed by atoms with E-state index in [2.05, 4.69) is 15.9 Å². The first-order chi connectivity index (χ1) is 9.06. The highest BCUT2D eigenvalue weighted by Gasteiger charge is 2.08. The third kappa shape index (κ3) is 3.54. The van der Waals surface area contributed by atoms with Gasteiger partial charge in [0.25, 0.3) is 0 Å². The molecule has 0 aliphatic carbocycles. The molecule has 0 unspecified atom stereocenters. The fourth-order valence-electron chi connectivity index (χ4n) is 1.55. The maximum absolute atomic E-state index is 13.4. The molecular weight excluding hydrogens is 315 g/mol. The molecule has 0 bridgehead atoms. The van der Waals surface area contributed by atoms with E-state index >= 15 is 0 Å². The van der Waals surface area contributed by atoms with Gasteiger partial charge in [0.05, 0.1) is 5.56 Å². The highest BCUT2D eigenvalue weighted by Crippen LogP contribution is 2.22. The van der Waals surface area contributed by atoms with E-state index in [-0.39, 0.29) is 18.0 Å². The topological polar surface area (TPSA) is 46.5 Å². The summed E-state index contributed by atoms with van der Waals surface area (Å²) in [6.07, 6.45) is 0. The van der Waals surface area contributed by atoms with Crippen LogP contribution in [0, 0.1) is 5.82 Å². The van der Waals surface area contributed by atoms with E-state index < -0.39 is 5.97 Å². The van der Waals surface area contributed by atoms with Gasteiger partial charge in [0, 0.05) is 10.0 Å². The average Bonchev–Trinajstić information content (AvgIpc) is 2.37. The SMILES string of the molecule is O=C(O)c1cc(Br)cc(OCc2ccccc2F)c1. The standard InChI is InChI=1S/C14H10BrFO3/c15-11-5-10(14(17)18)6-12(7-11)19-8-9-3-1-2-4-13(9)16/h1-7H,8H2,(H,17,18). The number of aromatic carboxylic acids is 1. The normalized spacial score (nSPS) is 10.2. The molecule has 0 spiro atoms. The van der Waals surface area contributed by atoms with Gasteiger partial charge in [-0.25, -0.2) is 9.18 Å². The van der Waals surface area contributed by atoms with Crippen molar-refractivity contribution < 1.29 is 19.0 Å². The Bertz CT molecular complexity index is 613. The molecule has 2 rings (SSSR count). The summed E-state index contributed by atoms with van der Waals surface area (Å²) >= 11 is 3.20. The molecule has 0 saturated carbocycles. The molecule has 1 N–H and O–H groups in total. The van der Waals surface area contributed by atoms with Gasteiger partial charge in [0.15, 0.2) is 0 Å². The van der Waals surface area contributed by atoms with E-state index in [1.54, 1.807) is 24.3 Å². The van der Waals surface area contributed by atoms with Crippen molar-refractivity contribution in [3.8, 4) is 5.75 Å². The number of carboxylic acid groups (broad SMARTS) is 1. The van der Waals surface area contributed by atoms with E-state index in [0.29, 0.717) is 15.8 Å². The van der Waals surface area contributed by atoms with Gasteiger partial charge >= 0.3 is 5.97 Å². The Kier molecular flexibility index (Phi) is 4.16. The lowest BCUT2D eigenvalue weighted by Crippen LogP contribution is -2.01. The van der Waals surface area contributed by atoms with Crippen LogP contribution in [-0.2, 0) is 6.61 Å². The Morgan fingerprint density at radius 2 is 2.00 bits per heavy atom. The van der Waals surface area contributed by atoms with Crippen molar-refractivity contribution >= 4 is 21.9 Å². The molecule has 0 atom stereocenters. The minimum Gasteiger partial charge on any atom is -0.489 e. The fraction of sp³-hybridized carbons (Fsp3) is 0.0714. The van der Waals surface area contributed by atoms with Gasteiger partial charge < -0.3 is 9.84 Å². The lowest BCUT2D eigenvalue weighted by atomic mass is 10.2. The molecular formula is C14H10BrFO3. The molecule has 0 fully saturated rings. The van der Waals surface area contributed by atoms with Crippen molar-refractivity contribution in [2.75, 3.05) is 0 Å². The lowest BCUT2D eigenvalue weighted by Gasteiger charge is -2.08. The molecule has 19 heavy (non-hydrogen) atoms. The Balaban J connectivity index is 2.16. The highest BCUT2D eigenvalue weighted by atomic mass is 79.9. The molecule has 0 heterocycles. The van der Waals surface area contributed by atoms with Crippen LogP contribution in [0.15, 0.2) is 46.9 Å². The van der Waals surface area contributed by atoms with Crippen LogP contribution in [0.25, 0.3) is 0 Å². The Hall–Kier alpha value is -1.88. The summed E-state index contributed by atoms with van der Waals surface area (Å²) < 4.78 is 19.4. The maximum Gasteiger partial charge on any atom is 0.335 e. The third-order valence-electron chi connectivity index (χ3n) is 2.47. The molecule has 5 heteroatoms. The largest absolute Gasteiger partial charge is 0.489 e. The summed E-state index contributed by atoms with van der Waals surface area (Å²) in [6, 6.07) is 10.8. The van der Waals surface area contributed by atoms with Crippen molar-refractivity contribution in [3.63, 3.8) is 0 Å². The highest BCUT2D eigenvalue weighted by molar-refractivity contribution is 9.10. The molecule has 0 aliphatic rings. The second kappa shape index (κ2) is 5.84. The zero-order chi connectivity index (χ0) is 13.8. The lowest BCUT2D eigenvalue weighted by molar-refractivity contribution is 0.0696. The van der Waals surface area contributed by atoms with Crippen LogP contribution in [0.5, 0.6) is 5.75 Å².